The van der Waals surface area contributed by atoms with E-state index in [4.69, 9.17) is 5.10 Å². The minimum absolute atomic E-state index is 0. The molecule has 0 bridgehead atoms. The summed E-state index contributed by atoms with van der Waals surface area (Å²) in [7, 11) is 0. The molecule has 0 fully saturated rings. The molecular formula is C19H21BrN4S2. The molecule has 1 unspecified atom stereocenters. The lowest BCUT2D eigenvalue weighted by Gasteiger charge is -2.20. The molecule has 0 amide bonds. The molecule has 1 aliphatic heterocycles. The van der Waals surface area contributed by atoms with Gasteiger partial charge in [-0.3, -0.25) is 0 Å². The first kappa shape index (κ1) is 19.3. The van der Waals surface area contributed by atoms with Gasteiger partial charge >= 0.3 is 0 Å². The summed E-state index contributed by atoms with van der Waals surface area (Å²) in [5.41, 5.74) is 3.62. The van der Waals surface area contributed by atoms with Crippen molar-refractivity contribution >= 4 is 45.8 Å². The van der Waals surface area contributed by atoms with Gasteiger partial charge in [0.15, 0.2) is 5.82 Å². The van der Waals surface area contributed by atoms with Gasteiger partial charge < -0.3 is 0 Å². The van der Waals surface area contributed by atoms with E-state index in [1.54, 1.807) is 23.1 Å². The molecule has 0 aliphatic carbocycles. The molecule has 1 aromatic carbocycles. The second-order valence-electron chi connectivity index (χ2n) is 6.64. The lowest BCUT2D eigenvalue weighted by atomic mass is 10.00. The molecule has 1 atom stereocenters. The van der Waals surface area contributed by atoms with Gasteiger partial charge in [0, 0.05) is 0 Å². The fourth-order valence-corrected chi connectivity index (χ4v) is 4.59. The number of hydrogen-bond acceptors (Lipinski definition) is 5. The van der Waals surface area contributed by atoms with E-state index in [0.29, 0.717) is 5.92 Å². The van der Waals surface area contributed by atoms with Crippen LogP contribution in [-0.4, -0.2) is 25.8 Å². The number of rotatable bonds is 4. The molecule has 3 heterocycles. The zero-order chi connectivity index (χ0) is 17.4. The first-order valence-corrected chi connectivity index (χ1v) is 10.2. The Kier molecular flexibility index (Phi) is 5.99. The Morgan fingerprint density at radius 3 is 2.54 bits per heavy atom. The molecule has 0 saturated carbocycles. The Morgan fingerprint density at radius 1 is 1.12 bits per heavy atom. The van der Waals surface area contributed by atoms with Gasteiger partial charge in [-0.1, -0.05) is 55.9 Å². The van der Waals surface area contributed by atoms with Gasteiger partial charge in [-0.2, -0.15) is 9.78 Å². The van der Waals surface area contributed by atoms with Gasteiger partial charge in [0.1, 0.15) is 0 Å². The first-order chi connectivity index (χ1) is 12.1. The largest absolute Gasteiger partial charge is 0.213 e. The quantitative estimate of drug-likeness (QED) is 0.526. The summed E-state index contributed by atoms with van der Waals surface area (Å²) in [6, 6.07) is 12.9. The zero-order valence-corrected chi connectivity index (χ0v) is 18.3. The number of benzene rings is 1. The summed E-state index contributed by atoms with van der Waals surface area (Å²) >= 11 is 3.37. The summed E-state index contributed by atoms with van der Waals surface area (Å²) in [5.74, 6) is 1.48. The SMILES string of the molecule is Br.CC(C)Cc1ccc(C2=Nn3c(nnc3-c3cccs3)SC2C)cc1. The average molecular weight is 449 g/mol. The van der Waals surface area contributed by atoms with E-state index in [9.17, 15) is 0 Å². The molecule has 0 spiro atoms. The lowest BCUT2D eigenvalue weighted by Crippen LogP contribution is -2.21. The van der Waals surface area contributed by atoms with E-state index >= 15 is 0 Å². The van der Waals surface area contributed by atoms with Crippen molar-refractivity contribution in [1.29, 1.82) is 0 Å². The van der Waals surface area contributed by atoms with Crippen LogP contribution in [0.2, 0.25) is 0 Å². The van der Waals surface area contributed by atoms with Crippen LogP contribution >= 0.6 is 40.1 Å². The van der Waals surface area contributed by atoms with E-state index in [-0.39, 0.29) is 22.2 Å². The number of nitrogens with zero attached hydrogens (tertiary/aromatic N) is 4. The molecular weight excluding hydrogens is 428 g/mol. The van der Waals surface area contributed by atoms with Gasteiger partial charge in [-0.15, -0.1) is 38.5 Å². The van der Waals surface area contributed by atoms with Crippen molar-refractivity contribution in [3.05, 3.63) is 52.9 Å². The fourth-order valence-electron chi connectivity index (χ4n) is 2.97. The lowest BCUT2D eigenvalue weighted by molar-refractivity contribution is 0.647. The number of fused-ring (bicyclic) bond motifs is 1. The molecule has 1 aliphatic rings. The van der Waals surface area contributed by atoms with E-state index in [0.717, 1.165) is 28.0 Å². The van der Waals surface area contributed by atoms with Crippen LogP contribution in [0.15, 0.2) is 52.0 Å². The molecule has 4 nitrogen and oxygen atoms in total. The van der Waals surface area contributed by atoms with Crippen LogP contribution in [0, 0.1) is 5.92 Å². The van der Waals surface area contributed by atoms with Crippen molar-refractivity contribution in [2.24, 2.45) is 11.0 Å². The van der Waals surface area contributed by atoms with Crippen LogP contribution in [0.4, 0.5) is 0 Å². The van der Waals surface area contributed by atoms with Crippen molar-refractivity contribution in [3.8, 4) is 10.7 Å². The van der Waals surface area contributed by atoms with Crippen LogP contribution in [0.1, 0.15) is 31.9 Å². The van der Waals surface area contributed by atoms with Crippen molar-refractivity contribution in [1.82, 2.24) is 14.9 Å². The van der Waals surface area contributed by atoms with E-state index in [1.807, 2.05) is 16.1 Å². The standard InChI is InChI=1S/C19H20N4S2.BrH/c1-12(2)11-14-6-8-15(9-7-14)17-13(3)25-19-21-20-18(23(19)22-17)16-5-4-10-24-16;/h4-10,12-13H,11H2,1-3H3;1H. The van der Waals surface area contributed by atoms with Gasteiger partial charge in [0.25, 0.3) is 0 Å². The topological polar surface area (TPSA) is 43.1 Å². The summed E-state index contributed by atoms with van der Waals surface area (Å²) in [6.45, 7) is 6.67. The minimum Gasteiger partial charge on any atom is -0.186 e. The van der Waals surface area contributed by atoms with E-state index in [1.165, 1.54) is 11.1 Å². The highest BCUT2D eigenvalue weighted by molar-refractivity contribution is 8.93. The highest BCUT2D eigenvalue weighted by Gasteiger charge is 2.26. The van der Waals surface area contributed by atoms with E-state index < -0.39 is 0 Å². The minimum atomic E-state index is 0. The van der Waals surface area contributed by atoms with Crippen molar-refractivity contribution in [3.63, 3.8) is 0 Å². The summed E-state index contributed by atoms with van der Waals surface area (Å²) < 4.78 is 1.88. The van der Waals surface area contributed by atoms with Crippen LogP contribution in [-0.2, 0) is 6.42 Å². The second kappa shape index (κ2) is 8.06. The fraction of sp³-hybridized carbons (Fsp3) is 0.316. The number of hydrogen-bond donors (Lipinski definition) is 0. The molecule has 3 aromatic rings. The third-order valence-corrected chi connectivity index (χ3v) is 6.03. The van der Waals surface area contributed by atoms with Gasteiger partial charge in [-0.05, 0) is 41.8 Å². The first-order valence-electron chi connectivity index (χ1n) is 8.46. The average Bonchev–Trinajstić information content (AvgIpc) is 3.23. The molecule has 0 saturated heterocycles. The summed E-state index contributed by atoms with van der Waals surface area (Å²) in [4.78, 5) is 1.09. The highest BCUT2D eigenvalue weighted by atomic mass is 79.9. The molecule has 136 valence electrons. The Labute approximate surface area is 172 Å². The molecule has 0 N–H and O–H groups in total. The molecule has 7 heteroatoms. The molecule has 26 heavy (non-hydrogen) atoms. The normalized spacial score (nSPS) is 16.2. The Bertz CT molecular complexity index is 898. The maximum Gasteiger partial charge on any atom is 0.213 e. The van der Waals surface area contributed by atoms with Crippen molar-refractivity contribution in [2.75, 3.05) is 0 Å². The van der Waals surface area contributed by atoms with Gasteiger partial charge in [0.2, 0.25) is 5.16 Å². The maximum absolute atomic E-state index is 4.90. The Balaban J connectivity index is 0.00000196. The Morgan fingerprint density at radius 2 is 1.88 bits per heavy atom. The van der Waals surface area contributed by atoms with Crippen LogP contribution in [0.5, 0.6) is 0 Å². The third-order valence-electron chi connectivity index (χ3n) is 4.12. The summed E-state index contributed by atoms with van der Waals surface area (Å²) in [5, 5.41) is 16.7. The number of thioether (sulfide) groups is 1. The predicted molar refractivity (Wildman–Crippen MR) is 116 cm³/mol. The highest BCUT2D eigenvalue weighted by Crippen LogP contribution is 2.34. The predicted octanol–water partition coefficient (Wildman–Crippen LogP) is 5.53. The second-order valence-corrected chi connectivity index (χ2v) is 8.89. The van der Waals surface area contributed by atoms with Crippen LogP contribution in [0.25, 0.3) is 10.7 Å². The van der Waals surface area contributed by atoms with Crippen LogP contribution < -0.4 is 0 Å². The summed E-state index contributed by atoms with van der Waals surface area (Å²) in [6.07, 6.45) is 1.11. The number of thiophene rings is 1. The van der Waals surface area contributed by atoms with Crippen molar-refractivity contribution in [2.45, 2.75) is 37.6 Å². The smallest absolute Gasteiger partial charge is 0.186 e. The van der Waals surface area contributed by atoms with Gasteiger partial charge in [-0.25, -0.2) is 0 Å². The van der Waals surface area contributed by atoms with Gasteiger partial charge in [0.05, 0.1) is 15.8 Å². The number of halogens is 1. The third kappa shape index (κ3) is 3.80. The maximum atomic E-state index is 4.90. The molecule has 2 aromatic heterocycles. The molecule has 0 radical (unpaired) electrons. The Hall–Kier alpha value is -1.44. The zero-order valence-electron chi connectivity index (χ0n) is 14.9. The van der Waals surface area contributed by atoms with Crippen LogP contribution in [0.3, 0.4) is 0 Å². The van der Waals surface area contributed by atoms with E-state index in [2.05, 4.69) is 61.3 Å². The molecule has 4 rings (SSSR count). The monoisotopic (exact) mass is 448 g/mol. The van der Waals surface area contributed by atoms with Crippen molar-refractivity contribution < 1.29 is 0 Å². The number of aromatic nitrogens is 3.